The minimum atomic E-state index is 0.0718. The van der Waals surface area contributed by atoms with Crippen molar-refractivity contribution in [2.24, 2.45) is 0 Å². The SMILES string of the molecule is COCC(=O)CBr.ClCCl. The lowest BCUT2D eigenvalue weighted by Crippen LogP contribution is -2.06. The van der Waals surface area contributed by atoms with Crippen molar-refractivity contribution in [3.05, 3.63) is 0 Å². The molecule has 0 saturated heterocycles. The van der Waals surface area contributed by atoms with Crippen LogP contribution in [0.1, 0.15) is 0 Å². The van der Waals surface area contributed by atoms with Crippen LogP contribution in [-0.4, -0.2) is 30.2 Å². The van der Waals surface area contributed by atoms with Gasteiger partial charge in [-0.3, -0.25) is 4.79 Å². The smallest absolute Gasteiger partial charge is 0.168 e. The van der Waals surface area contributed by atoms with Gasteiger partial charge >= 0.3 is 0 Å². The Bertz CT molecular complexity index is 80.0. The maximum atomic E-state index is 10.2. The molecule has 0 amide bonds. The maximum absolute atomic E-state index is 10.2. The molecular formula is C5H9BrCl2O2. The molecule has 0 N–H and O–H groups in total. The molecule has 0 spiro atoms. The highest BCUT2D eigenvalue weighted by molar-refractivity contribution is 9.09. The van der Waals surface area contributed by atoms with E-state index in [1.807, 2.05) is 0 Å². The summed E-state index contributed by atoms with van der Waals surface area (Å²) in [4.78, 5) is 10.2. The number of halogens is 3. The standard InChI is InChI=1S/C4H7BrO2.CH2Cl2/c1-7-3-4(6)2-5;2-1-3/h2-3H2,1H3;1H2. The summed E-state index contributed by atoms with van der Waals surface area (Å²) in [5, 5.41) is 0.584. The quantitative estimate of drug-likeness (QED) is 0.718. The van der Waals surface area contributed by atoms with Gasteiger partial charge in [0.15, 0.2) is 5.78 Å². The van der Waals surface area contributed by atoms with E-state index >= 15 is 0 Å². The average Bonchev–Trinajstić information content (AvgIpc) is 1.90. The van der Waals surface area contributed by atoms with Crippen molar-refractivity contribution in [1.29, 1.82) is 0 Å². The van der Waals surface area contributed by atoms with Crippen molar-refractivity contribution < 1.29 is 9.53 Å². The number of carbonyl (C=O) groups is 1. The maximum Gasteiger partial charge on any atom is 0.168 e. The minimum Gasteiger partial charge on any atom is -0.377 e. The molecule has 0 radical (unpaired) electrons. The number of ether oxygens (including phenoxy) is 1. The second-order valence-corrected chi connectivity index (χ2v) is 2.58. The summed E-state index contributed by atoms with van der Waals surface area (Å²) in [5.41, 5.74) is 0. The summed E-state index contributed by atoms with van der Waals surface area (Å²) < 4.78 is 4.51. The normalized spacial score (nSPS) is 8.00. The number of Topliss-reactive ketones (excluding diaryl/α,β-unsaturated/α-hetero) is 1. The Kier molecular flexibility index (Phi) is 16.4. The van der Waals surface area contributed by atoms with Gasteiger partial charge in [-0.1, -0.05) is 15.9 Å². The first-order chi connectivity index (χ1) is 4.72. The Morgan fingerprint density at radius 2 is 2.00 bits per heavy atom. The third kappa shape index (κ3) is 15.9. The monoisotopic (exact) mass is 250 g/mol. The first kappa shape index (κ1) is 13.3. The molecule has 0 bridgehead atoms. The predicted molar refractivity (Wildman–Crippen MR) is 47.3 cm³/mol. The van der Waals surface area contributed by atoms with Gasteiger partial charge in [0.25, 0.3) is 0 Å². The number of alkyl halides is 3. The van der Waals surface area contributed by atoms with Crippen molar-refractivity contribution in [2.45, 2.75) is 0 Å². The van der Waals surface area contributed by atoms with Crippen LogP contribution in [0.15, 0.2) is 0 Å². The minimum absolute atomic E-state index is 0.0718. The summed E-state index contributed by atoms with van der Waals surface area (Å²) in [6.45, 7) is 0.214. The second kappa shape index (κ2) is 12.4. The fourth-order valence-electron chi connectivity index (χ4n) is 0.200. The summed E-state index contributed by atoms with van der Waals surface area (Å²) in [5.74, 6) is 0.0718. The van der Waals surface area contributed by atoms with E-state index in [2.05, 4.69) is 20.7 Å². The molecule has 2 nitrogen and oxygen atoms in total. The van der Waals surface area contributed by atoms with Crippen molar-refractivity contribution >= 4 is 44.9 Å². The Morgan fingerprint density at radius 3 is 2.10 bits per heavy atom. The molecule has 10 heavy (non-hydrogen) atoms. The van der Waals surface area contributed by atoms with E-state index in [9.17, 15) is 4.79 Å². The number of rotatable bonds is 3. The molecule has 0 fully saturated rings. The molecule has 0 unspecified atom stereocenters. The van der Waals surface area contributed by atoms with E-state index in [-0.39, 0.29) is 17.7 Å². The summed E-state index contributed by atoms with van der Waals surface area (Å²) in [7, 11) is 1.50. The molecule has 0 atom stereocenters. The number of hydrogen-bond acceptors (Lipinski definition) is 2. The van der Waals surface area contributed by atoms with Gasteiger partial charge in [0, 0.05) is 7.11 Å². The van der Waals surface area contributed by atoms with Gasteiger partial charge in [0.1, 0.15) is 6.61 Å². The van der Waals surface area contributed by atoms with Crippen LogP contribution in [0.5, 0.6) is 0 Å². The van der Waals surface area contributed by atoms with Crippen LogP contribution in [-0.2, 0) is 9.53 Å². The lowest BCUT2D eigenvalue weighted by molar-refractivity contribution is -0.119. The molecule has 0 aliphatic carbocycles. The van der Waals surface area contributed by atoms with Gasteiger partial charge in [0.05, 0.1) is 10.7 Å². The van der Waals surface area contributed by atoms with Gasteiger partial charge < -0.3 is 4.74 Å². The van der Waals surface area contributed by atoms with Crippen LogP contribution in [0.3, 0.4) is 0 Å². The van der Waals surface area contributed by atoms with Crippen LogP contribution < -0.4 is 0 Å². The molecule has 0 heterocycles. The highest BCUT2D eigenvalue weighted by Crippen LogP contribution is 1.81. The molecule has 5 heteroatoms. The number of ketones is 1. The first-order valence-corrected chi connectivity index (χ1v) is 4.60. The van der Waals surface area contributed by atoms with Crippen LogP contribution in [0.4, 0.5) is 0 Å². The van der Waals surface area contributed by atoms with E-state index in [1.54, 1.807) is 0 Å². The predicted octanol–water partition coefficient (Wildman–Crippen LogP) is 2.02. The molecule has 0 aliphatic heterocycles. The Hall–Kier alpha value is 0.690. The highest BCUT2D eigenvalue weighted by atomic mass is 79.9. The van der Waals surface area contributed by atoms with Gasteiger partial charge in [-0.25, -0.2) is 0 Å². The topological polar surface area (TPSA) is 26.3 Å². The molecule has 0 rings (SSSR count). The van der Waals surface area contributed by atoms with Crippen LogP contribution >= 0.6 is 39.1 Å². The zero-order valence-electron chi connectivity index (χ0n) is 5.57. The fraction of sp³-hybridized carbons (Fsp3) is 0.800. The summed E-state index contributed by atoms with van der Waals surface area (Å²) in [6, 6.07) is 0. The van der Waals surface area contributed by atoms with Gasteiger partial charge in [-0.05, 0) is 0 Å². The largest absolute Gasteiger partial charge is 0.377 e. The van der Waals surface area contributed by atoms with Crippen molar-refractivity contribution in [3.8, 4) is 0 Å². The first-order valence-electron chi connectivity index (χ1n) is 2.41. The number of methoxy groups -OCH3 is 1. The zero-order valence-corrected chi connectivity index (χ0v) is 8.67. The molecule has 0 saturated carbocycles. The molecule has 0 aliphatic rings. The van der Waals surface area contributed by atoms with E-state index in [1.165, 1.54) is 7.11 Å². The lowest BCUT2D eigenvalue weighted by atomic mass is 10.5. The van der Waals surface area contributed by atoms with E-state index in [0.717, 1.165) is 0 Å². The highest BCUT2D eigenvalue weighted by Gasteiger charge is 1.93. The third-order valence-electron chi connectivity index (χ3n) is 0.454. The third-order valence-corrected chi connectivity index (χ3v) is 1.08. The van der Waals surface area contributed by atoms with Gasteiger partial charge in [0.2, 0.25) is 0 Å². The Balaban J connectivity index is 0. The Morgan fingerprint density at radius 1 is 1.60 bits per heavy atom. The van der Waals surface area contributed by atoms with E-state index < -0.39 is 0 Å². The van der Waals surface area contributed by atoms with Crippen LogP contribution in [0.25, 0.3) is 0 Å². The number of carbonyl (C=O) groups excluding carboxylic acids is 1. The molecule has 0 aromatic rings. The molecule has 0 aromatic heterocycles. The summed E-state index contributed by atoms with van der Waals surface area (Å²) >= 11 is 12.5. The van der Waals surface area contributed by atoms with Crippen molar-refractivity contribution in [2.75, 3.05) is 24.4 Å². The second-order valence-electron chi connectivity index (χ2n) is 1.21. The summed E-state index contributed by atoms with van der Waals surface area (Å²) in [6.07, 6.45) is 0. The van der Waals surface area contributed by atoms with Crippen molar-refractivity contribution in [3.63, 3.8) is 0 Å². The molecular weight excluding hydrogens is 243 g/mol. The number of hydrogen-bond donors (Lipinski definition) is 0. The molecule has 62 valence electrons. The van der Waals surface area contributed by atoms with Crippen LogP contribution in [0, 0.1) is 0 Å². The van der Waals surface area contributed by atoms with Crippen LogP contribution in [0.2, 0.25) is 0 Å². The average molecular weight is 252 g/mol. The lowest BCUT2D eigenvalue weighted by Gasteiger charge is -1.88. The fourth-order valence-corrected chi connectivity index (χ4v) is 0.361. The van der Waals surface area contributed by atoms with Gasteiger partial charge in [-0.15, -0.1) is 23.2 Å². The van der Waals surface area contributed by atoms with Crippen molar-refractivity contribution in [1.82, 2.24) is 0 Å². The van der Waals surface area contributed by atoms with E-state index in [4.69, 9.17) is 23.2 Å². The Labute approximate surface area is 79.0 Å². The van der Waals surface area contributed by atoms with Gasteiger partial charge in [-0.2, -0.15) is 0 Å². The van der Waals surface area contributed by atoms with E-state index in [0.29, 0.717) is 5.33 Å². The molecule has 0 aromatic carbocycles. The zero-order chi connectivity index (χ0) is 8.41.